The lowest BCUT2D eigenvalue weighted by Crippen LogP contribution is -2.61. The van der Waals surface area contributed by atoms with E-state index in [1.54, 1.807) is 0 Å². The van der Waals surface area contributed by atoms with E-state index in [2.05, 4.69) is 327 Å². The van der Waals surface area contributed by atoms with E-state index in [1.165, 1.54) is 70.8 Å². The Morgan fingerprint density at radius 3 is 0.857 bits per heavy atom. The lowest BCUT2D eigenvalue weighted by Gasteiger charge is -2.45. The summed E-state index contributed by atoms with van der Waals surface area (Å²) in [5.41, 5.74) is 25.4. The summed E-state index contributed by atoms with van der Waals surface area (Å²) in [7, 11) is 0. The number of fused-ring (bicyclic) bond motifs is 13. The highest BCUT2D eigenvalue weighted by molar-refractivity contribution is 7.00. The predicted molar refractivity (Wildman–Crippen MR) is 354 cm³/mol. The number of hydrogen-bond donors (Lipinski definition) is 0. The summed E-state index contributed by atoms with van der Waals surface area (Å²) in [4.78, 5) is 5.22. The maximum absolute atomic E-state index is 2.61. The fourth-order valence-electron chi connectivity index (χ4n) is 14.5. The Hall–Kier alpha value is -11.1. The van der Waals surface area contributed by atoms with Crippen LogP contribution in [0.3, 0.4) is 0 Å². The monoisotopic (exact) mass is 1070 g/mol. The van der Waals surface area contributed by atoms with E-state index in [4.69, 9.17) is 0 Å². The first kappa shape index (κ1) is 46.7. The summed E-state index contributed by atoms with van der Waals surface area (Å²) in [5, 5.41) is 7.38. The number of aromatic nitrogens is 3. The zero-order chi connectivity index (χ0) is 55.0. The van der Waals surface area contributed by atoms with Gasteiger partial charge >= 0.3 is 0 Å². The topological polar surface area (TPSA) is 21.3 Å². The summed E-state index contributed by atoms with van der Waals surface area (Å²) >= 11 is 0. The van der Waals surface area contributed by atoms with Crippen molar-refractivity contribution in [2.75, 3.05) is 9.80 Å². The quantitative estimate of drug-likeness (QED) is 0.148. The summed E-state index contributed by atoms with van der Waals surface area (Å²) in [6.45, 7) is -0.174. The molecule has 0 unspecified atom stereocenters. The third-order valence-corrected chi connectivity index (χ3v) is 18.0. The van der Waals surface area contributed by atoms with Gasteiger partial charge in [0.25, 0.3) is 6.71 Å². The van der Waals surface area contributed by atoms with Crippen molar-refractivity contribution >= 4 is 123 Å². The van der Waals surface area contributed by atoms with Gasteiger partial charge in [-0.1, -0.05) is 218 Å². The molecular formula is C78H50BN5. The Labute approximate surface area is 486 Å². The molecule has 0 radical (unpaired) electrons. The van der Waals surface area contributed by atoms with E-state index in [9.17, 15) is 0 Å². The number of benzene rings is 13. The first-order valence-electron chi connectivity index (χ1n) is 29.0. The van der Waals surface area contributed by atoms with Crippen LogP contribution in [0.5, 0.6) is 0 Å². The number of rotatable bonds is 7. The summed E-state index contributed by atoms with van der Waals surface area (Å²) in [6, 6.07) is 113. The van der Waals surface area contributed by atoms with Gasteiger partial charge in [0.15, 0.2) is 0 Å². The van der Waals surface area contributed by atoms with Gasteiger partial charge in [-0.15, -0.1) is 0 Å². The SMILES string of the molecule is c1ccc(-c2ccccc2N2c3cc(-n4c5ccccc5c5ccccc54)ccc3B3c4ccc(-n5c6ccccc6c6ccccc65)cc4N(c4ccccc4-c4ccccc4)c4cc(-n5c6ccccc6c6ccccc65)cc2c43)cc1. The van der Waals surface area contributed by atoms with Crippen molar-refractivity contribution in [3.05, 3.63) is 303 Å². The van der Waals surface area contributed by atoms with E-state index in [0.29, 0.717) is 0 Å². The van der Waals surface area contributed by atoms with Crippen LogP contribution in [0.15, 0.2) is 303 Å². The van der Waals surface area contributed by atoms with Gasteiger partial charge in [0.2, 0.25) is 0 Å². The molecule has 13 aromatic carbocycles. The Bertz CT molecular complexity index is 4930. The van der Waals surface area contributed by atoms with E-state index >= 15 is 0 Å². The van der Waals surface area contributed by atoms with E-state index in [0.717, 1.165) is 84.5 Å². The fourth-order valence-corrected chi connectivity index (χ4v) is 14.5. The molecule has 16 aromatic rings. The maximum Gasteiger partial charge on any atom is 0.252 e. The molecule has 0 bridgehead atoms. The lowest BCUT2D eigenvalue weighted by molar-refractivity contribution is 1.15. The van der Waals surface area contributed by atoms with Crippen molar-refractivity contribution in [1.82, 2.24) is 13.7 Å². The zero-order valence-corrected chi connectivity index (χ0v) is 45.7. The molecule has 390 valence electrons. The molecule has 2 aliphatic heterocycles. The Morgan fingerprint density at radius 2 is 0.500 bits per heavy atom. The first-order chi connectivity index (χ1) is 41.7. The molecule has 5 nitrogen and oxygen atoms in total. The second-order valence-electron chi connectivity index (χ2n) is 22.4. The molecule has 0 spiro atoms. The van der Waals surface area contributed by atoms with Crippen LogP contribution in [0.2, 0.25) is 0 Å². The third-order valence-electron chi connectivity index (χ3n) is 18.0. The summed E-state index contributed by atoms with van der Waals surface area (Å²) in [5.74, 6) is 0. The van der Waals surface area contributed by atoms with Gasteiger partial charge < -0.3 is 23.5 Å². The first-order valence-corrected chi connectivity index (χ1v) is 29.0. The van der Waals surface area contributed by atoms with Crippen LogP contribution in [0, 0.1) is 0 Å². The third kappa shape index (κ3) is 6.73. The van der Waals surface area contributed by atoms with E-state index < -0.39 is 0 Å². The number of nitrogens with zero attached hydrogens (tertiary/aromatic N) is 5. The summed E-state index contributed by atoms with van der Waals surface area (Å²) < 4.78 is 7.45. The van der Waals surface area contributed by atoms with Gasteiger partial charge in [-0.2, -0.15) is 0 Å². The minimum Gasteiger partial charge on any atom is -0.311 e. The van der Waals surface area contributed by atoms with E-state index in [1.807, 2.05) is 0 Å². The maximum atomic E-state index is 2.61. The number of anilines is 6. The fraction of sp³-hybridized carbons (Fsp3) is 0. The normalized spacial score (nSPS) is 12.7. The van der Waals surface area contributed by atoms with Crippen LogP contribution >= 0.6 is 0 Å². The van der Waals surface area contributed by atoms with Gasteiger partial charge in [0.1, 0.15) is 0 Å². The Morgan fingerprint density at radius 1 is 0.214 bits per heavy atom. The molecule has 18 rings (SSSR count). The van der Waals surface area contributed by atoms with E-state index in [-0.39, 0.29) is 6.71 Å². The van der Waals surface area contributed by atoms with Crippen LogP contribution in [0.25, 0.3) is 105 Å². The Balaban J connectivity index is 1.01. The smallest absolute Gasteiger partial charge is 0.252 e. The molecule has 3 aromatic heterocycles. The molecule has 0 N–H and O–H groups in total. The second-order valence-corrected chi connectivity index (χ2v) is 22.4. The molecule has 0 fully saturated rings. The Kier molecular flexibility index (Phi) is 10.1. The number of hydrogen-bond acceptors (Lipinski definition) is 2. The summed E-state index contributed by atoms with van der Waals surface area (Å²) in [6.07, 6.45) is 0. The van der Waals surface area contributed by atoms with Crippen molar-refractivity contribution in [1.29, 1.82) is 0 Å². The minimum atomic E-state index is -0.174. The van der Waals surface area contributed by atoms with Crippen molar-refractivity contribution in [2.24, 2.45) is 0 Å². The molecule has 2 aliphatic rings. The molecule has 0 saturated heterocycles. The van der Waals surface area contributed by atoms with Crippen molar-refractivity contribution < 1.29 is 0 Å². The highest BCUT2D eigenvalue weighted by Gasteiger charge is 2.45. The molecule has 0 amide bonds. The minimum absolute atomic E-state index is 0.174. The molecule has 0 aliphatic carbocycles. The van der Waals surface area contributed by atoms with Crippen LogP contribution in [-0.4, -0.2) is 20.4 Å². The van der Waals surface area contributed by atoms with Gasteiger partial charge in [-0.25, -0.2) is 0 Å². The van der Waals surface area contributed by atoms with Crippen molar-refractivity contribution in [3.8, 4) is 39.3 Å². The number of para-hydroxylation sites is 8. The van der Waals surface area contributed by atoms with Gasteiger partial charge in [0.05, 0.1) is 50.2 Å². The largest absolute Gasteiger partial charge is 0.311 e. The highest BCUT2D eigenvalue weighted by Crippen LogP contribution is 2.51. The van der Waals surface area contributed by atoms with Crippen molar-refractivity contribution in [2.45, 2.75) is 0 Å². The second kappa shape index (κ2) is 18.2. The van der Waals surface area contributed by atoms with Gasteiger partial charge in [0, 0.05) is 77.6 Å². The van der Waals surface area contributed by atoms with Crippen LogP contribution in [-0.2, 0) is 0 Å². The lowest BCUT2D eigenvalue weighted by atomic mass is 9.33. The average molecular weight is 1070 g/mol. The molecular weight excluding hydrogens is 1020 g/mol. The average Bonchev–Trinajstić information content (AvgIpc) is 1.12. The predicted octanol–water partition coefficient (Wildman–Crippen LogP) is 18.4. The van der Waals surface area contributed by atoms with Crippen molar-refractivity contribution in [3.63, 3.8) is 0 Å². The van der Waals surface area contributed by atoms with Gasteiger partial charge in [-0.3, -0.25) is 0 Å². The molecule has 6 heteroatoms. The zero-order valence-electron chi connectivity index (χ0n) is 45.7. The van der Waals surface area contributed by atoms with Crippen LogP contribution in [0.1, 0.15) is 0 Å². The molecule has 84 heavy (non-hydrogen) atoms. The standard InChI is InChI=1S/C78H50BN5/c1-3-23-51(24-4-1)56-27-7-15-35-66(56)83-74-47-53(80-68-37-17-9-29-58(68)59-30-10-18-38-69(59)80)43-45-64(74)79-65-46-44-54(81-70-39-19-11-31-60(70)61-32-12-20-40-71(61)81)48-75(65)84(67-36-16-8-28-57(67)52-25-5-2-6-26-52)77-50-55(49-76(83)78(77)79)82-72-41-21-13-33-62(72)63-34-14-22-42-73(63)82/h1-50H. The molecule has 5 heterocycles. The van der Waals surface area contributed by atoms with Crippen LogP contribution in [0.4, 0.5) is 34.1 Å². The van der Waals surface area contributed by atoms with Gasteiger partial charge in [-0.05, 0) is 112 Å². The molecule has 0 saturated carbocycles. The molecule has 0 atom stereocenters. The van der Waals surface area contributed by atoms with Crippen LogP contribution < -0.4 is 26.2 Å². The highest BCUT2D eigenvalue weighted by atomic mass is 15.2.